The number of allylic oxidation sites excluding steroid dienone is 1. The van der Waals surface area contributed by atoms with Gasteiger partial charge in [0, 0.05) is 14.6 Å². The zero-order valence-corrected chi connectivity index (χ0v) is 16.2. The fraction of sp³-hybridized carbons (Fsp3) is 0.111. The van der Waals surface area contributed by atoms with Crippen molar-refractivity contribution in [1.82, 2.24) is 0 Å². The average Bonchev–Trinajstić information content (AvgIpc) is 3.22. The Morgan fingerprint density at radius 3 is 2.24 bits per heavy atom. The van der Waals surface area contributed by atoms with Gasteiger partial charge in [0.15, 0.2) is 0 Å². The van der Waals surface area contributed by atoms with Crippen molar-refractivity contribution in [1.29, 1.82) is 0 Å². The Bertz CT molecular complexity index is 874. The van der Waals surface area contributed by atoms with Crippen molar-refractivity contribution in [3.8, 4) is 11.5 Å². The lowest BCUT2D eigenvalue weighted by Crippen LogP contribution is -2.02. The van der Waals surface area contributed by atoms with E-state index in [9.17, 15) is 0 Å². The van der Waals surface area contributed by atoms with Crippen LogP contribution in [0.15, 0.2) is 68.8 Å². The van der Waals surface area contributed by atoms with E-state index >= 15 is 0 Å². The number of thioether (sulfide) groups is 1. The first-order valence-electron chi connectivity index (χ1n) is 7.58. The highest BCUT2D eigenvalue weighted by atomic mass is 33.1. The van der Waals surface area contributed by atoms with Crippen LogP contribution in [0, 0.1) is 0 Å². The van der Waals surface area contributed by atoms with E-state index in [1.165, 1.54) is 14.0 Å². The molecule has 4 rings (SSSR count). The van der Waals surface area contributed by atoms with Crippen LogP contribution in [-0.2, 0) is 0 Å². The Balaban J connectivity index is 1.46. The molecule has 2 aliphatic heterocycles. The number of nitrogens with zero attached hydrogens (tertiary/aromatic N) is 2. The van der Waals surface area contributed by atoms with E-state index in [0.29, 0.717) is 0 Å². The van der Waals surface area contributed by atoms with E-state index < -0.39 is 0 Å². The first-order valence-corrected chi connectivity index (χ1v) is 10.9. The molecule has 2 heterocycles. The summed E-state index contributed by atoms with van der Waals surface area (Å²) >= 11 is 1.78. The second kappa shape index (κ2) is 7.19. The molecule has 0 spiro atoms. The molecule has 7 heteroatoms. The molecule has 0 amide bonds. The zero-order chi connectivity index (χ0) is 17.2. The van der Waals surface area contributed by atoms with Crippen LogP contribution in [-0.4, -0.2) is 25.3 Å². The van der Waals surface area contributed by atoms with Crippen molar-refractivity contribution in [2.24, 2.45) is 5.10 Å². The Hall–Kier alpha value is -1.83. The van der Waals surface area contributed by atoms with Crippen LogP contribution in [0.3, 0.4) is 0 Å². The van der Waals surface area contributed by atoms with Crippen LogP contribution in [0.5, 0.6) is 11.5 Å². The van der Waals surface area contributed by atoms with Gasteiger partial charge in [-0.15, -0.1) is 0 Å². The third kappa shape index (κ3) is 3.44. The van der Waals surface area contributed by atoms with Crippen molar-refractivity contribution in [2.45, 2.75) is 4.90 Å². The first-order chi connectivity index (χ1) is 12.3. The quantitative estimate of drug-likeness (QED) is 0.522. The number of ether oxygens (including phenoxy) is 2. The molecule has 4 nitrogen and oxygen atoms in total. The van der Waals surface area contributed by atoms with Gasteiger partial charge in [-0.05, 0) is 65.4 Å². The topological polar surface area (TPSA) is 34.1 Å². The molecular formula is C18H16N2O2S3. The number of hydrogen-bond donors (Lipinski definition) is 0. The number of rotatable bonds is 5. The van der Waals surface area contributed by atoms with Gasteiger partial charge in [-0.3, -0.25) is 0 Å². The Kier molecular flexibility index (Phi) is 4.78. The molecule has 0 fully saturated rings. The summed E-state index contributed by atoms with van der Waals surface area (Å²) < 4.78 is 13.8. The lowest BCUT2D eigenvalue weighted by molar-refractivity contribution is 0.414. The maximum Gasteiger partial charge on any atom is 0.119 e. The van der Waals surface area contributed by atoms with Gasteiger partial charge in [-0.25, -0.2) is 4.41 Å². The molecule has 0 bridgehead atoms. The van der Waals surface area contributed by atoms with Crippen LogP contribution in [0.2, 0.25) is 0 Å². The lowest BCUT2D eigenvalue weighted by atomic mass is 10.3. The average molecular weight is 389 g/mol. The number of anilines is 1. The van der Waals surface area contributed by atoms with Crippen LogP contribution >= 0.6 is 32.3 Å². The molecule has 0 radical (unpaired) electrons. The largest absolute Gasteiger partial charge is 0.497 e. The van der Waals surface area contributed by atoms with Gasteiger partial charge >= 0.3 is 0 Å². The van der Waals surface area contributed by atoms with Crippen molar-refractivity contribution in [3.63, 3.8) is 0 Å². The summed E-state index contributed by atoms with van der Waals surface area (Å²) in [5.74, 6) is 1.73. The Morgan fingerprint density at radius 2 is 1.60 bits per heavy atom. The molecular weight excluding hydrogens is 372 g/mol. The van der Waals surface area contributed by atoms with E-state index in [1.807, 2.05) is 53.4 Å². The molecule has 0 saturated heterocycles. The number of methoxy groups -OCH3 is 2. The van der Waals surface area contributed by atoms with Crippen LogP contribution < -0.4 is 13.9 Å². The monoisotopic (exact) mass is 388 g/mol. The van der Waals surface area contributed by atoms with Gasteiger partial charge in [0.25, 0.3) is 0 Å². The molecule has 1 atom stereocenters. The molecule has 0 aliphatic carbocycles. The zero-order valence-electron chi connectivity index (χ0n) is 13.7. The van der Waals surface area contributed by atoms with E-state index in [0.717, 1.165) is 17.2 Å². The second-order valence-corrected chi connectivity index (χ2v) is 9.93. The standard InChI is InChI=1S/C18H16N2O2S3/c1-21-14-5-3-13(4-6-14)20-19-12-17-11-18(24-25(17)20)23-16-9-7-15(22-2)8-10-16/h3-12H,1-2H3. The summed E-state index contributed by atoms with van der Waals surface area (Å²) in [5.41, 5.74) is 1.08. The molecule has 0 N–H and O–H groups in total. The maximum atomic E-state index is 5.23. The highest BCUT2D eigenvalue weighted by Crippen LogP contribution is 2.55. The van der Waals surface area contributed by atoms with Crippen molar-refractivity contribution < 1.29 is 9.47 Å². The molecule has 25 heavy (non-hydrogen) atoms. The van der Waals surface area contributed by atoms with Gasteiger partial charge in [0.2, 0.25) is 0 Å². The summed E-state index contributed by atoms with van der Waals surface area (Å²) in [5, 5.41) is 4.56. The lowest BCUT2D eigenvalue weighted by Gasteiger charge is -2.18. The summed E-state index contributed by atoms with van der Waals surface area (Å²) in [7, 11) is 5.10. The summed E-state index contributed by atoms with van der Waals surface area (Å²) in [6.45, 7) is 0. The van der Waals surface area contributed by atoms with Gasteiger partial charge in [-0.1, -0.05) is 11.8 Å². The molecule has 2 aromatic carbocycles. The minimum absolute atomic E-state index is 0.109. The molecule has 2 aliphatic rings. The van der Waals surface area contributed by atoms with E-state index in [2.05, 4.69) is 27.7 Å². The normalized spacial score (nSPS) is 18.3. The van der Waals surface area contributed by atoms with Gasteiger partial charge in [-0.2, -0.15) is 5.10 Å². The highest BCUT2D eigenvalue weighted by molar-refractivity contribution is 8.88. The minimum atomic E-state index is -0.109. The fourth-order valence-electron chi connectivity index (χ4n) is 2.36. The summed E-state index contributed by atoms with van der Waals surface area (Å²) in [4.78, 5) is 2.47. The van der Waals surface area contributed by atoms with Gasteiger partial charge < -0.3 is 9.47 Å². The SMILES string of the molecule is COc1ccc(SC2=CC3=S(S2)N(c2ccc(OC)cc2)N=C3)cc1. The minimum Gasteiger partial charge on any atom is -0.497 e. The number of hydrazone groups is 1. The third-order valence-electron chi connectivity index (χ3n) is 3.64. The highest BCUT2D eigenvalue weighted by Gasteiger charge is 2.26. The molecule has 1 unspecified atom stereocenters. The van der Waals surface area contributed by atoms with Gasteiger partial charge in [0.05, 0.1) is 35.2 Å². The molecule has 128 valence electrons. The summed E-state index contributed by atoms with van der Waals surface area (Å²) in [6, 6.07) is 16.2. The van der Waals surface area contributed by atoms with Crippen LogP contribution in [0.1, 0.15) is 0 Å². The van der Waals surface area contributed by atoms with Crippen molar-refractivity contribution >= 4 is 49.0 Å². The molecule has 2 aromatic rings. The maximum absolute atomic E-state index is 5.23. The van der Waals surface area contributed by atoms with Crippen molar-refractivity contribution in [3.05, 3.63) is 58.8 Å². The predicted molar refractivity (Wildman–Crippen MR) is 111 cm³/mol. The van der Waals surface area contributed by atoms with Crippen LogP contribution in [0.25, 0.3) is 0 Å². The first kappa shape index (κ1) is 16.6. The third-order valence-corrected chi connectivity index (χ3v) is 8.98. The van der Waals surface area contributed by atoms with E-state index in [-0.39, 0.29) is 9.70 Å². The van der Waals surface area contributed by atoms with E-state index in [4.69, 9.17) is 9.47 Å². The Morgan fingerprint density at radius 1 is 0.960 bits per heavy atom. The van der Waals surface area contributed by atoms with Gasteiger partial charge in [0.1, 0.15) is 11.5 Å². The second-order valence-electron chi connectivity index (χ2n) is 5.19. The van der Waals surface area contributed by atoms with Crippen LogP contribution in [0.4, 0.5) is 5.69 Å². The number of benzene rings is 2. The molecule has 0 saturated carbocycles. The number of hydrogen-bond acceptors (Lipinski definition) is 6. The fourth-order valence-corrected chi connectivity index (χ4v) is 7.77. The summed E-state index contributed by atoms with van der Waals surface area (Å²) in [6.07, 6.45) is 4.19. The molecule has 0 aromatic heterocycles. The smallest absolute Gasteiger partial charge is 0.119 e. The Labute approximate surface area is 157 Å². The van der Waals surface area contributed by atoms with E-state index in [1.54, 1.807) is 26.0 Å². The predicted octanol–water partition coefficient (Wildman–Crippen LogP) is 5.16. The van der Waals surface area contributed by atoms with Crippen molar-refractivity contribution in [2.75, 3.05) is 18.6 Å².